The first-order valence-corrected chi connectivity index (χ1v) is 8.86. The summed E-state index contributed by atoms with van der Waals surface area (Å²) in [4.78, 5) is 37.8. The molecule has 1 amide bonds. The Morgan fingerprint density at radius 3 is 2.43 bits per heavy atom. The number of hydrogen-bond donors (Lipinski definition) is 1. The lowest BCUT2D eigenvalue weighted by Crippen LogP contribution is -2.41. The highest BCUT2D eigenvalue weighted by molar-refractivity contribution is 5.96. The number of methoxy groups -OCH3 is 1. The average molecular weight is 409 g/mol. The fourth-order valence-corrected chi connectivity index (χ4v) is 3.30. The van der Waals surface area contributed by atoms with Crippen molar-refractivity contribution < 1.29 is 19.4 Å². The predicted octanol–water partition coefficient (Wildman–Crippen LogP) is 2.77. The maximum absolute atomic E-state index is 12.7. The highest BCUT2D eigenvalue weighted by Crippen LogP contribution is 2.30. The first-order valence-electron chi connectivity index (χ1n) is 8.86. The average Bonchev–Trinajstić information content (AvgIpc) is 3.12. The zero-order valence-corrected chi connectivity index (χ0v) is 15.7. The molecule has 3 aromatic rings. The second kappa shape index (κ2) is 7.28. The van der Waals surface area contributed by atoms with Gasteiger partial charge >= 0.3 is 0 Å². The fourth-order valence-electron chi connectivity index (χ4n) is 3.30. The molecule has 0 radical (unpaired) electrons. The number of pyridine rings is 1. The minimum absolute atomic E-state index is 0.188. The number of hydrogen-bond acceptors (Lipinski definition) is 8. The number of rotatable bonds is 5. The molecule has 0 saturated carbocycles. The molecule has 30 heavy (non-hydrogen) atoms. The minimum Gasteiger partial charge on any atom is -0.497 e. The first-order chi connectivity index (χ1) is 14.4. The zero-order chi connectivity index (χ0) is 21.4. The number of carbonyl (C=O) groups is 1. The van der Waals surface area contributed by atoms with Crippen LogP contribution in [0.3, 0.4) is 0 Å². The molecule has 0 atom stereocenters. The van der Waals surface area contributed by atoms with Gasteiger partial charge in [-0.15, -0.1) is 0 Å². The van der Waals surface area contributed by atoms with Crippen LogP contribution in [-0.4, -0.2) is 34.4 Å². The van der Waals surface area contributed by atoms with Crippen molar-refractivity contribution in [1.29, 1.82) is 0 Å². The second-order valence-corrected chi connectivity index (χ2v) is 6.62. The van der Waals surface area contributed by atoms with Crippen LogP contribution in [0.1, 0.15) is 15.9 Å². The van der Waals surface area contributed by atoms with Gasteiger partial charge in [0.05, 0.1) is 34.1 Å². The Morgan fingerprint density at radius 1 is 1.10 bits per heavy atom. The Morgan fingerprint density at radius 2 is 1.80 bits per heavy atom. The summed E-state index contributed by atoms with van der Waals surface area (Å²) in [7, 11) is 1.55. The van der Waals surface area contributed by atoms with Crippen molar-refractivity contribution >= 4 is 34.0 Å². The number of carbonyl (C=O) groups excluding carboxylic acids is 1. The third kappa shape index (κ3) is 3.43. The molecular formula is C19H15N5O6. The lowest BCUT2D eigenvalue weighted by atomic mass is 10.1. The number of nitro benzene ring substituents is 2. The van der Waals surface area contributed by atoms with Gasteiger partial charge in [-0.05, 0) is 30.2 Å². The molecule has 0 fully saturated rings. The summed E-state index contributed by atoms with van der Waals surface area (Å²) in [5, 5.41) is 24.6. The summed E-state index contributed by atoms with van der Waals surface area (Å²) in [6.45, 7) is 0.443. The van der Waals surface area contributed by atoms with Crippen molar-refractivity contribution in [3.05, 3.63) is 73.8 Å². The second-order valence-electron chi connectivity index (χ2n) is 6.62. The standard InChI is InChI=1S/C19H15N5O6/c1-30-16-3-2-11-6-12-4-5-22(18(12)20-17(11)10-16)21-19(25)13-7-14(23(26)27)9-15(8-13)24(28)29/h2-3,6-10H,4-5H2,1H3,(H,21,25). The van der Waals surface area contributed by atoms with E-state index in [-0.39, 0.29) is 5.56 Å². The summed E-state index contributed by atoms with van der Waals surface area (Å²) >= 11 is 0. The summed E-state index contributed by atoms with van der Waals surface area (Å²) < 4.78 is 5.22. The molecule has 2 aromatic carbocycles. The molecule has 11 heteroatoms. The van der Waals surface area contributed by atoms with E-state index >= 15 is 0 Å². The third-order valence-corrected chi connectivity index (χ3v) is 4.76. The van der Waals surface area contributed by atoms with Crippen molar-refractivity contribution in [2.75, 3.05) is 18.7 Å². The molecular weight excluding hydrogens is 394 g/mol. The van der Waals surface area contributed by atoms with Crippen molar-refractivity contribution in [2.45, 2.75) is 6.42 Å². The maximum atomic E-state index is 12.7. The number of nitrogens with zero attached hydrogens (tertiary/aromatic N) is 4. The zero-order valence-electron chi connectivity index (χ0n) is 15.7. The molecule has 0 bridgehead atoms. The minimum atomic E-state index is -0.782. The topological polar surface area (TPSA) is 141 Å². The van der Waals surface area contributed by atoms with E-state index in [1.807, 2.05) is 18.2 Å². The predicted molar refractivity (Wildman–Crippen MR) is 107 cm³/mol. The van der Waals surface area contributed by atoms with E-state index in [0.717, 1.165) is 29.1 Å². The number of anilines is 1. The van der Waals surface area contributed by atoms with Gasteiger partial charge in [-0.1, -0.05) is 0 Å². The number of hydrazine groups is 1. The molecule has 0 spiro atoms. The number of nitro groups is 2. The van der Waals surface area contributed by atoms with Crippen LogP contribution < -0.4 is 15.2 Å². The Balaban J connectivity index is 1.65. The number of ether oxygens (including phenoxy) is 1. The Labute approximate surface area is 169 Å². The number of aromatic nitrogens is 1. The lowest BCUT2D eigenvalue weighted by Gasteiger charge is -2.19. The SMILES string of the molecule is COc1ccc2cc3c(nc2c1)N(NC(=O)c1cc([N+](=O)[O-])cc([N+](=O)[O-])c1)CC3. The van der Waals surface area contributed by atoms with E-state index in [1.54, 1.807) is 13.2 Å². The Hall–Kier alpha value is -4.28. The highest BCUT2D eigenvalue weighted by Gasteiger charge is 2.26. The molecule has 152 valence electrons. The van der Waals surface area contributed by atoms with Gasteiger partial charge in [0.2, 0.25) is 0 Å². The van der Waals surface area contributed by atoms with Gasteiger partial charge in [-0.3, -0.25) is 35.5 Å². The van der Waals surface area contributed by atoms with Gasteiger partial charge < -0.3 is 4.74 Å². The number of fused-ring (bicyclic) bond motifs is 2. The molecule has 4 rings (SSSR count). The van der Waals surface area contributed by atoms with Gasteiger partial charge in [0.1, 0.15) is 5.75 Å². The van der Waals surface area contributed by atoms with Crippen LogP contribution in [0.5, 0.6) is 5.75 Å². The van der Waals surface area contributed by atoms with Crippen LogP contribution in [0.25, 0.3) is 10.9 Å². The van der Waals surface area contributed by atoms with Crippen LogP contribution in [0, 0.1) is 20.2 Å². The van der Waals surface area contributed by atoms with Crippen LogP contribution in [0.2, 0.25) is 0 Å². The molecule has 1 aromatic heterocycles. The summed E-state index contributed by atoms with van der Waals surface area (Å²) in [5.74, 6) is 0.485. The number of nitrogens with one attached hydrogen (secondary N) is 1. The monoisotopic (exact) mass is 409 g/mol. The number of non-ortho nitro benzene ring substituents is 2. The first kappa shape index (κ1) is 19.1. The summed E-state index contributed by atoms with van der Waals surface area (Å²) in [6, 6.07) is 10.3. The largest absolute Gasteiger partial charge is 0.497 e. The van der Waals surface area contributed by atoms with Crippen LogP contribution in [0.15, 0.2) is 42.5 Å². The van der Waals surface area contributed by atoms with E-state index in [0.29, 0.717) is 30.0 Å². The van der Waals surface area contributed by atoms with E-state index in [4.69, 9.17) is 4.74 Å². The van der Waals surface area contributed by atoms with Gasteiger partial charge in [0.15, 0.2) is 5.82 Å². The highest BCUT2D eigenvalue weighted by atomic mass is 16.6. The van der Waals surface area contributed by atoms with Crippen LogP contribution in [0.4, 0.5) is 17.2 Å². The van der Waals surface area contributed by atoms with Crippen LogP contribution >= 0.6 is 0 Å². The van der Waals surface area contributed by atoms with Crippen molar-refractivity contribution in [3.8, 4) is 5.75 Å². The van der Waals surface area contributed by atoms with Crippen molar-refractivity contribution in [1.82, 2.24) is 10.4 Å². The molecule has 0 unspecified atom stereocenters. The van der Waals surface area contributed by atoms with E-state index < -0.39 is 27.1 Å². The van der Waals surface area contributed by atoms with Gasteiger partial charge in [0.25, 0.3) is 17.3 Å². The molecule has 11 nitrogen and oxygen atoms in total. The summed E-state index contributed by atoms with van der Waals surface area (Å²) in [6.07, 6.45) is 0.639. The number of benzene rings is 2. The van der Waals surface area contributed by atoms with Gasteiger partial charge in [0, 0.05) is 30.1 Å². The van der Waals surface area contributed by atoms with E-state index in [2.05, 4.69) is 10.4 Å². The van der Waals surface area contributed by atoms with Gasteiger partial charge in [-0.2, -0.15) is 0 Å². The lowest BCUT2D eigenvalue weighted by molar-refractivity contribution is -0.394. The van der Waals surface area contributed by atoms with Crippen LogP contribution in [-0.2, 0) is 6.42 Å². The Bertz CT molecular complexity index is 1180. The van der Waals surface area contributed by atoms with Gasteiger partial charge in [-0.25, -0.2) is 4.98 Å². The van der Waals surface area contributed by atoms with Crippen molar-refractivity contribution in [3.63, 3.8) is 0 Å². The van der Waals surface area contributed by atoms with E-state index in [1.165, 1.54) is 5.01 Å². The summed E-state index contributed by atoms with van der Waals surface area (Å²) in [5.41, 5.74) is 2.98. The number of amides is 1. The quantitative estimate of drug-likeness (QED) is 0.501. The normalized spacial score (nSPS) is 12.5. The molecule has 1 N–H and O–H groups in total. The maximum Gasteiger partial charge on any atom is 0.277 e. The fraction of sp³-hybridized carbons (Fsp3) is 0.158. The molecule has 1 aliphatic heterocycles. The molecule has 1 aliphatic rings. The smallest absolute Gasteiger partial charge is 0.277 e. The van der Waals surface area contributed by atoms with Crippen molar-refractivity contribution in [2.24, 2.45) is 0 Å². The Kier molecular flexibility index (Phi) is 4.62. The molecule has 0 aliphatic carbocycles. The molecule has 2 heterocycles. The van der Waals surface area contributed by atoms with E-state index in [9.17, 15) is 25.0 Å². The molecule has 0 saturated heterocycles. The third-order valence-electron chi connectivity index (χ3n) is 4.76.